The highest BCUT2D eigenvalue weighted by Crippen LogP contribution is 2.26. The summed E-state index contributed by atoms with van der Waals surface area (Å²) in [4.78, 5) is 70.2. The van der Waals surface area contributed by atoms with Gasteiger partial charge in [0.2, 0.25) is 29.5 Å². The lowest BCUT2D eigenvalue weighted by Crippen LogP contribution is -2.58. The van der Waals surface area contributed by atoms with Crippen LogP contribution in [0.3, 0.4) is 0 Å². The molecule has 0 aliphatic carbocycles. The maximum atomic E-state index is 13.9. The van der Waals surface area contributed by atoms with Crippen LogP contribution in [-0.4, -0.2) is 108 Å². The van der Waals surface area contributed by atoms with Gasteiger partial charge in [-0.05, 0) is 66.8 Å². The number of carbonyl (C=O) groups excluding carboxylic acids is 5. The zero-order valence-corrected chi connectivity index (χ0v) is 29.7. The fourth-order valence-corrected chi connectivity index (χ4v) is 6.53. The van der Waals surface area contributed by atoms with Crippen LogP contribution in [0.5, 0.6) is 0 Å². The molecule has 4 rings (SSSR count). The van der Waals surface area contributed by atoms with E-state index >= 15 is 0 Å². The van der Waals surface area contributed by atoms with E-state index in [0.717, 1.165) is 22.3 Å². The van der Waals surface area contributed by atoms with E-state index in [0.29, 0.717) is 64.8 Å². The highest BCUT2D eigenvalue weighted by Gasteiger charge is 2.37. The molecule has 276 valence electrons. The number of hydrogen-bond acceptors (Lipinski definition) is 8. The lowest BCUT2D eigenvalue weighted by atomic mass is 9.99. The number of aliphatic hydroxyl groups excluding tert-OH is 1. The number of nitrogens with two attached hydrogens (primary N) is 2. The predicted octanol–water partition coefficient (Wildman–Crippen LogP) is 0.402. The smallest absolute Gasteiger partial charge is 0.248 e. The number of rotatable bonds is 18. The predicted molar refractivity (Wildman–Crippen MR) is 194 cm³/mol. The Bertz CT molecular complexity index is 1520. The summed E-state index contributed by atoms with van der Waals surface area (Å²) in [6, 6.07) is 14.9. The van der Waals surface area contributed by atoms with Crippen LogP contribution in [0.1, 0.15) is 50.7 Å². The Morgan fingerprint density at radius 3 is 1.76 bits per heavy atom. The lowest BCUT2D eigenvalue weighted by molar-refractivity contribution is -0.137. The highest BCUT2D eigenvalue weighted by atomic mass is 16.3. The Labute approximate surface area is 300 Å². The van der Waals surface area contributed by atoms with E-state index in [2.05, 4.69) is 16.0 Å². The van der Waals surface area contributed by atoms with Gasteiger partial charge in [-0.1, -0.05) is 74.5 Å². The van der Waals surface area contributed by atoms with Crippen molar-refractivity contribution in [1.82, 2.24) is 25.8 Å². The van der Waals surface area contributed by atoms with Gasteiger partial charge in [-0.15, -0.1) is 0 Å². The number of benzene rings is 2. The average Bonchev–Trinajstić information content (AvgIpc) is 3.71. The third-order valence-corrected chi connectivity index (χ3v) is 9.28. The van der Waals surface area contributed by atoms with Gasteiger partial charge in [-0.3, -0.25) is 24.0 Å². The van der Waals surface area contributed by atoms with Crippen molar-refractivity contribution in [1.29, 1.82) is 0 Å². The van der Waals surface area contributed by atoms with Gasteiger partial charge in [-0.2, -0.15) is 0 Å². The van der Waals surface area contributed by atoms with Gasteiger partial charge in [-0.25, -0.2) is 0 Å². The number of nitrogens with zero attached hydrogens (tertiary/aromatic N) is 2. The standard InChI is InChI=1S/C38H53N7O6/c1-25(2)17-32(36(49)41-31(15-9-10-16-39)38(51)45-22-28-20-44(34(47)24-46)21-29(28)23-45)43-37(50)33(19-27-13-7-4-8-14-27)42-35(48)30(40)18-26-11-5-3-6-12-26/h3-8,11-14,25,30-33,46H,9-10,15-24,39-40H2,1-2H3,(H,41,49)(H,42,48)(H,43,50). The molecule has 4 atom stereocenters. The summed E-state index contributed by atoms with van der Waals surface area (Å²) in [5.74, 6) is -2.09. The molecule has 2 heterocycles. The van der Waals surface area contributed by atoms with E-state index in [9.17, 15) is 29.1 Å². The number of carbonyl (C=O) groups is 5. The SMILES string of the molecule is CC(C)CC(NC(=O)C(Cc1ccccc1)NC(=O)C(N)Cc1ccccc1)C(=O)NC(CCCCN)C(=O)N1CC2=C(CN(C(=O)CO)C2)C1. The first-order chi connectivity index (χ1) is 24.5. The lowest BCUT2D eigenvalue weighted by Gasteiger charge is -2.29. The summed E-state index contributed by atoms with van der Waals surface area (Å²) in [6.07, 6.45) is 2.43. The van der Waals surface area contributed by atoms with Crippen LogP contribution in [-0.2, 0) is 36.8 Å². The quantitative estimate of drug-likeness (QED) is 0.0947. The van der Waals surface area contributed by atoms with E-state index in [1.807, 2.05) is 74.5 Å². The minimum Gasteiger partial charge on any atom is -0.387 e. The Morgan fingerprint density at radius 2 is 1.22 bits per heavy atom. The van der Waals surface area contributed by atoms with Gasteiger partial charge in [0.25, 0.3) is 0 Å². The third kappa shape index (κ3) is 11.5. The van der Waals surface area contributed by atoms with Crippen molar-refractivity contribution in [2.45, 2.75) is 76.5 Å². The number of aliphatic hydroxyl groups is 1. The molecule has 51 heavy (non-hydrogen) atoms. The zero-order chi connectivity index (χ0) is 36.9. The van der Waals surface area contributed by atoms with Crippen LogP contribution in [0.25, 0.3) is 0 Å². The molecular weight excluding hydrogens is 650 g/mol. The largest absolute Gasteiger partial charge is 0.387 e. The molecule has 0 fully saturated rings. The summed E-state index contributed by atoms with van der Waals surface area (Å²) in [6.45, 7) is 5.16. The first-order valence-corrected chi connectivity index (χ1v) is 17.8. The minimum atomic E-state index is -1.01. The first-order valence-electron chi connectivity index (χ1n) is 17.8. The number of hydrogen-bond donors (Lipinski definition) is 6. The van der Waals surface area contributed by atoms with Crippen molar-refractivity contribution in [3.05, 3.63) is 82.9 Å². The topological polar surface area (TPSA) is 200 Å². The van der Waals surface area contributed by atoms with E-state index in [1.54, 1.807) is 9.80 Å². The Kier molecular flexibility index (Phi) is 14.7. The average molecular weight is 704 g/mol. The van der Waals surface area contributed by atoms with Crippen LogP contribution >= 0.6 is 0 Å². The maximum Gasteiger partial charge on any atom is 0.248 e. The van der Waals surface area contributed by atoms with Gasteiger partial charge in [0, 0.05) is 32.6 Å². The summed E-state index contributed by atoms with van der Waals surface area (Å²) in [5, 5.41) is 17.9. The van der Waals surface area contributed by atoms with Crippen molar-refractivity contribution in [2.24, 2.45) is 17.4 Å². The van der Waals surface area contributed by atoms with Gasteiger partial charge in [0.1, 0.15) is 24.7 Å². The third-order valence-electron chi connectivity index (χ3n) is 9.28. The fraction of sp³-hybridized carbons (Fsp3) is 0.500. The molecule has 0 bridgehead atoms. The molecule has 8 N–H and O–H groups in total. The van der Waals surface area contributed by atoms with Crippen LogP contribution in [0.4, 0.5) is 0 Å². The summed E-state index contributed by atoms with van der Waals surface area (Å²) in [7, 11) is 0. The second-order valence-corrected chi connectivity index (χ2v) is 13.9. The molecule has 0 radical (unpaired) electrons. The molecular formula is C38H53N7O6. The van der Waals surface area contributed by atoms with Crippen molar-refractivity contribution >= 4 is 29.5 Å². The zero-order valence-electron chi connectivity index (χ0n) is 29.7. The van der Waals surface area contributed by atoms with Crippen LogP contribution in [0.15, 0.2) is 71.8 Å². The molecule has 2 aromatic rings. The molecule has 2 aliphatic heterocycles. The maximum absolute atomic E-state index is 13.9. The second-order valence-electron chi connectivity index (χ2n) is 13.9. The van der Waals surface area contributed by atoms with Gasteiger partial charge in [0.05, 0.1) is 6.04 Å². The normalized spacial score (nSPS) is 16.4. The number of nitrogens with one attached hydrogen (secondary N) is 3. The van der Waals surface area contributed by atoms with E-state index < -0.39 is 48.5 Å². The summed E-state index contributed by atoms with van der Waals surface area (Å²) < 4.78 is 0. The Morgan fingerprint density at radius 1 is 0.706 bits per heavy atom. The van der Waals surface area contributed by atoms with E-state index in [4.69, 9.17) is 11.5 Å². The minimum absolute atomic E-state index is 0.0178. The molecule has 0 saturated carbocycles. The fourth-order valence-electron chi connectivity index (χ4n) is 6.53. The van der Waals surface area contributed by atoms with Crippen molar-refractivity contribution in [3.8, 4) is 0 Å². The van der Waals surface area contributed by atoms with Gasteiger partial charge < -0.3 is 42.3 Å². The summed E-state index contributed by atoms with van der Waals surface area (Å²) >= 11 is 0. The van der Waals surface area contributed by atoms with E-state index in [-0.39, 0.29) is 24.2 Å². The van der Waals surface area contributed by atoms with Crippen LogP contribution in [0.2, 0.25) is 0 Å². The van der Waals surface area contributed by atoms with Crippen molar-refractivity contribution in [2.75, 3.05) is 39.3 Å². The Balaban J connectivity index is 1.46. The van der Waals surface area contributed by atoms with Crippen molar-refractivity contribution in [3.63, 3.8) is 0 Å². The van der Waals surface area contributed by atoms with Crippen LogP contribution in [0, 0.1) is 5.92 Å². The number of unbranched alkanes of at least 4 members (excludes halogenated alkanes) is 1. The number of amides is 5. The Hall–Kier alpha value is -4.59. The molecule has 13 heteroatoms. The molecule has 2 aliphatic rings. The molecule has 13 nitrogen and oxygen atoms in total. The highest BCUT2D eigenvalue weighted by molar-refractivity contribution is 5.95. The van der Waals surface area contributed by atoms with Gasteiger partial charge in [0.15, 0.2) is 0 Å². The van der Waals surface area contributed by atoms with Crippen LogP contribution < -0.4 is 27.4 Å². The molecule has 0 aromatic heterocycles. The molecule has 5 amide bonds. The molecule has 2 aromatic carbocycles. The first kappa shape index (κ1) is 39.2. The van der Waals surface area contributed by atoms with Crippen molar-refractivity contribution < 1.29 is 29.1 Å². The monoisotopic (exact) mass is 703 g/mol. The molecule has 0 spiro atoms. The van der Waals surface area contributed by atoms with Gasteiger partial charge >= 0.3 is 0 Å². The second kappa shape index (κ2) is 19.1. The summed E-state index contributed by atoms with van der Waals surface area (Å²) in [5.41, 5.74) is 15.6. The van der Waals surface area contributed by atoms with E-state index in [1.165, 1.54) is 0 Å². The molecule has 0 saturated heterocycles. The molecule has 4 unspecified atom stereocenters.